The van der Waals surface area contributed by atoms with Crippen LogP contribution in [0.5, 0.6) is 17.2 Å². The number of likely N-dealkylation sites (N-methyl/N-ethyl adjacent to an activating group) is 1. The van der Waals surface area contributed by atoms with E-state index in [2.05, 4.69) is 18.7 Å². The predicted octanol–water partition coefficient (Wildman–Crippen LogP) is 6.13. The zero-order valence-electron chi connectivity index (χ0n) is 25.8. The lowest BCUT2D eigenvalue weighted by Gasteiger charge is -2.28. The highest BCUT2D eigenvalue weighted by molar-refractivity contribution is 6.46. The van der Waals surface area contributed by atoms with Crippen LogP contribution in [0.3, 0.4) is 0 Å². The number of carbonyl (C=O) groups is 2. The Morgan fingerprint density at radius 1 is 0.930 bits per heavy atom. The Morgan fingerprint density at radius 2 is 1.67 bits per heavy atom. The first-order valence-electron chi connectivity index (χ1n) is 14.9. The lowest BCUT2D eigenvalue weighted by Crippen LogP contribution is -2.38. The summed E-state index contributed by atoms with van der Waals surface area (Å²) < 4.78 is 17.5. The number of aliphatic hydroxyl groups excluding tert-OH is 1. The highest BCUT2D eigenvalue weighted by Gasteiger charge is 2.46. The molecule has 1 unspecified atom stereocenters. The summed E-state index contributed by atoms with van der Waals surface area (Å²) in [6, 6.07) is 19.7. The third kappa shape index (κ3) is 7.20. The van der Waals surface area contributed by atoms with Crippen LogP contribution >= 0.6 is 0 Å². The normalized spacial score (nSPS) is 16.1. The number of Topliss-reactive ketones (excluding diaryl/α,β-unsaturated/α-hetero) is 1. The Kier molecular flexibility index (Phi) is 10.8. The van der Waals surface area contributed by atoms with Gasteiger partial charge in [-0.3, -0.25) is 9.59 Å². The molecule has 43 heavy (non-hydrogen) atoms. The molecular weight excluding hydrogens is 544 g/mol. The summed E-state index contributed by atoms with van der Waals surface area (Å²) in [5.41, 5.74) is 2.92. The summed E-state index contributed by atoms with van der Waals surface area (Å²) >= 11 is 0. The number of methoxy groups -OCH3 is 1. The van der Waals surface area contributed by atoms with Gasteiger partial charge in [0.2, 0.25) is 0 Å². The van der Waals surface area contributed by atoms with Gasteiger partial charge in [0, 0.05) is 18.7 Å². The van der Waals surface area contributed by atoms with Gasteiger partial charge in [0.15, 0.2) is 11.5 Å². The number of benzene rings is 3. The fraction of sp³-hybridized carbons (Fsp3) is 0.371. The molecule has 0 spiro atoms. The number of carbonyl (C=O) groups excluding carboxylic acids is 2. The number of nitrogens with zero attached hydrogens (tertiary/aromatic N) is 2. The van der Waals surface area contributed by atoms with Gasteiger partial charge in [0.1, 0.15) is 18.1 Å². The first-order chi connectivity index (χ1) is 20.8. The maximum atomic E-state index is 13.6. The molecule has 1 heterocycles. The quantitative estimate of drug-likeness (QED) is 0.138. The molecule has 1 atom stereocenters. The molecular formula is C35H42N2O6. The average Bonchev–Trinajstić information content (AvgIpc) is 3.28. The van der Waals surface area contributed by atoms with E-state index < -0.39 is 17.7 Å². The van der Waals surface area contributed by atoms with E-state index in [-0.39, 0.29) is 11.3 Å². The molecule has 228 valence electrons. The lowest BCUT2D eigenvalue weighted by molar-refractivity contribution is -0.140. The van der Waals surface area contributed by atoms with Crippen LogP contribution in [0.25, 0.3) is 5.76 Å². The molecule has 0 aliphatic carbocycles. The summed E-state index contributed by atoms with van der Waals surface area (Å²) in [4.78, 5) is 30.8. The molecule has 1 saturated heterocycles. The van der Waals surface area contributed by atoms with Crippen molar-refractivity contribution in [3.05, 3.63) is 94.6 Å². The van der Waals surface area contributed by atoms with E-state index in [1.807, 2.05) is 56.3 Å². The van der Waals surface area contributed by atoms with Crippen molar-refractivity contribution >= 4 is 17.4 Å². The first-order valence-corrected chi connectivity index (χ1v) is 14.9. The summed E-state index contributed by atoms with van der Waals surface area (Å²) in [5, 5.41) is 11.6. The number of likely N-dealkylation sites (tertiary alicyclic amines) is 1. The van der Waals surface area contributed by atoms with Crippen LogP contribution in [0, 0.1) is 6.92 Å². The Hall–Kier alpha value is -4.30. The fourth-order valence-electron chi connectivity index (χ4n) is 5.31. The molecule has 1 amide bonds. The van der Waals surface area contributed by atoms with E-state index in [4.69, 9.17) is 14.2 Å². The minimum Gasteiger partial charge on any atom is -0.507 e. The summed E-state index contributed by atoms with van der Waals surface area (Å²) in [6.45, 7) is 11.5. The van der Waals surface area contributed by atoms with Crippen molar-refractivity contribution in [2.75, 3.05) is 39.9 Å². The van der Waals surface area contributed by atoms with Crippen molar-refractivity contribution in [2.45, 2.75) is 46.8 Å². The van der Waals surface area contributed by atoms with E-state index in [0.717, 1.165) is 30.6 Å². The van der Waals surface area contributed by atoms with Crippen LogP contribution in [0.1, 0.15) is 55.5 Å². The van der Waals surface area contributed by atoms with Crippen molar-refractivity contribution in [3.63, 3.8) is 0 Å². The third-order valence-corrected chi connectivity index (χ3v) is 7.76. The third-order valence-electron chi connectivity index (χ3n) is 7.76. The molecule has 0 radical (unpaired) electrons. The molecule has 1 aliphatic heterocycles. The van der Waals surface area contributed by atoms with Crippen LogP contribution in [-0.4, -0.2) is 66.5 Å². The number of aryl methyl sites for hydroxylation is 1. The van der Waals surface area contributed by atoms with Gasteiger partial charge in [0.25, 0.3) is 11.7 Å². The summed E-state index contributed by atoms with van der Waals surface area (Å²) in [5.74, 6) is 0.128. The molecule has 1 fully saturated rings. The number of hydrogen-bond acceptors (Lipinski definition) is 7. The number of ether oxygens (including phenoxy) is 3. The van der Waals surface area contributed by atoms with Gasteiger partial charge >= 0.3 is 0 Å². The van der Waals surface area contributed by atoms with Crippen LogP contribution in [0.2, 0.25) is 0 Å². The fourth-order valence-corrected chi connectivity index (χ4v) is 5.31. The first kappa shape index (κ1) is 31.6. The largest absolute Gasteiger partial charge is 0.507 e. The minimum absolute atomic E-state index is 0.0508. The molecule has 0 bridgehead atoms. The van der Waals surface area contributed by atoms with Crippen molar-refractivity contribution in [3.8, 4) is 17.2 Å². The molecule has 1 N–H and O–H groups in total. The molecule has 3 aromatic carbocycles. The Bertz CT molecular complexity index is 1450. The van der Waals surface area contributed by atoms with E-state index in [1.54, 1.807) is 36.3 Å². The highest BCUT2D eigenvalue weighted by atomic mass is 16.5. The van der Waals surface area contributed by atoms with Crippen molar-refractivity contribution in [1.29, 1.82) is 0 Å². The standard InChI is InChI=1S/C35H42N2O6/c1-6-20-42-27-15-16-28(24(4)21-27)33(38)31-32(37(35(40)34(31)39)19-18-36(7-2)8-3)26-14-17-29(30(22-26)41-5)43-23-25-12-10-9-11-13-25/h9-17,21-22,32,38H,6-8,18-20,23H2,1-5H3/b33-31+. The van der Waals surface area contributed by atoms with Gasteiger partial charge in [-0.15, -0.1) is 0 Å². The van der Waals surface area contributed by atoms with Gasteiger partial charge in [-0.05, 0) is 73.5 Å². The van der Waals surface area contributed by atoms with E-state index in [0.29, 0.717) is 54.7 Å². The van der Waals surface area contributed by atoms with Crippen molar-refractivity contribution in [2.24, 2.45) is 0 Å². The second kappa shape index (κ2) is 14.7. The number of rotatable bonds is 14. The smallest absolute Gasteiger partial charge is 0.295 e. The SMILES string of the molecule is CCCOc1ccc(/C(O)=C2\C(=O)C(=O)N(CCN(CC)CC)C2c2ccc(OCc3ccccc3)c(OC)c2)c(C)c1. The summed E-state index contributed by atoms with van der Waals surface area (Å²) in [6.07, 6.45) is 0.872. The van der Waals surface area contributed by atoms with Gasteiger partial charge in [-0.25, -0.2) is 0 Å². The lowest BCUT2D eigenvalue weighted by atomic mass is 9.93. The number of amides is 1. The van der Waals surface area contributed by atoms with E-state index >= 15 is 0 Å². The molecule has 3 aromatic rings. The Labute approximate surface area is 254 Å². The van der Waals surface area contributed by atoms with Crippen LogP contribution in [-0.2, 0) is 16.2 Å². The summed E-state index contributed by atoms with van der Waals surface area (Å²) in [7, 11) is 1.55. The monoisotopic (exact) mass is 586 g/mol. The molecule has 8 nitrogen and oxygen atoms in total. The number of hydrogen-bond donors (Lipinski definition) is 1. The number of aliphatic hydroxyl groups is 1. The van der Waals surface area contributed by atoms with Crippen LogP contribution < -0.4 is 14.2 Å². The van der Waals surface area contributed by atoms with E-state index in [1.165, 1.54) is 0 Å². The van der Waals surface area contributed by atoms with Gasteiger partial charge in [-0.2, -0.15) is 0 Å². The van der Waals surface area contributed by atoms with Crippen LogP contribution in [0.15, 0.2) is 72.3 Å². The number of ketones is 1. The second-order valence-corrected chi connectivity index (χ2v) is 10.5. The Morgan fingerprint density at radius 3 is 2.33 bits per heavy atom. The second-order valence-electron chi connectivity index (χ2n) is 10.5. The van der Waals surface area contributed by atoms with Gasteiger partial charge < -0.3 is 29.1 Å². The maximum Gasteiger partial charge on any atom is 0.295 e. The van der Waals surface area contributed by atoms with Crippen molar-refractivity contribution < 1.29 is 28.9 Å². The van der Waals surface area contributed by atoms with Gasteiger partial charge in [-0.1, -0.05) is 57.2 Å². The molecule has 0 aromatic heterocycles. The predicted molar refractivity (Wildman–Crippen MR) is 168 cm³/mol. The Balaban J connectivity index is 1.76. The molecule has 8 heteroatoms. The maximum absolute atomic E-state index is 13.6. The molecule has 0 saturated carbocycles. The molecule has 1 aliphatic rings. The minimum atomic E-state index is -0.803. The van der Waals surface area contributed by atoms with Gasteiger partial charge in [0.05, 0.1) is 25.3 Å². The highest BCUT2D eigenvalue weighted by Crippen LogP contribution is 2.42. The zero-order valence-corrected chi connectivity index (χ0v) is 25.8. The molecule has 4 rings (SSSR count). The average molecular weight is 587 g/mol. The van der Waals surface area contributed by atoms with E-state index in [9.17, 15) is 14.7 Å². The van der Waals surface area contributed by atoms with Crippen molar-refractivity contribution in [1.82, 2.24) is 9.80 Å². The van der Waals surface area contributed by atoms with Crippen LogP contribution in [0.4, 0.5) is 0 Å². The zero-order chi connectivity index (χ0) is 30.9. The topological polar surface area (TPSA) is 88.5 Å².